The first-order chi connectivity index (χ1) is 12.2. The molecule has 1 amide bonds. The number of nitrogens with zero attached hydrogens (tertiary/aromatic N) is 2. The van der Waals surface area contributed by atoms with Crippen molar-refractivity contribution >= 4 is 11.9 Å². The molecular weight excluding hydrogens is 353 g/mol. The van der Waals surface area contributed by atoms with Crippen molar-refractivity contribution < 1.29 is 32.6 Å². The Morgan fingerprint density at radius 1 is 1.15 bits per heavy atom. The minimum absolute atomic E-state index is 0.157. The van der Waals surface area contributed by atoms with Crippen LogP contribution in [-0.4, -0.2) is 78.4 Å². The molecule has 150 valence electrons. The van der Waals surface area contributed by atoms with Crippen LogP contribution in [-0.2, 0) is 14.3 Å². The number of carbonyl (C=O) groups is 2. The predicted octanol–water partition coefficient (Wildman–Crippen LogP) is 2.13. The van der Waals surface area contributed by atoms with E-state index in [1.54, 1.807) is 7.11 Å². The summed E-state index contributed by atoms with van der Waals surface area (Å²) in [5, 5.41) is 7.12. The van der Waals surface area contributed by atoms with E-state index in [4.69, 9.17) is 14.6 Å². The van der Waals surface area contributed by atoms with Crippen LogP contribution in [0.1, 0.15) is 38.5 Å². The Kier molecular flexibility index (Phi) is 6.90. The smallest absolute Gasteiger partial charge is 0.475 e. The Bertz CT molecular complexity index is 501. The standard InChI is InChI=1S/C15H26N2O2.C2HF3O2/c1-19-12-14(18)16-9-6-15(7-10-16)5-2-8-17(15)11-13-3-4-13;3-2(4,5)1(6)7/h13H,2-12H2,1H3;(H,6,7). The fourth-order valence-corrected chi connectivity index (χ4v) is 3.84. The number of alkyl halides is 3. The molecule has 0 aromatic heterocycles. The molecule has 2 heterocycles. The molecule has 2 saturated heterocycles. The van der Waals surface area contributed by atoms with Crippen molar-refractivity contribution in [2.24, 2.45) is 5.92 Å². The van der Waals surface area contributed by atoms with Gasteiger partial charge in [-0.15, -0.1) is 0 Å². The van der Waals surface area contributed by atoms with Crippen molar-refractivity contribution in [2.45, 2.75) is 50.2 Å². The molecule has 0 aromatic carbocycles. The average Bonchev–Trinajstić information content (AvgIpc) is 3.31. The number of hydrogen-bond acceptors (Lipinski definition) is 4. The summed E-state index contributed by atoms with van der Waals surface area (Å²) in [6, 6.07) is 0. The van der Waals surface area contributed by atoms with Crippen molar-refractivity contribution in [1.29, 1.82) is 0 Å². The van der Waals surface area contributed by atoms with Crippen molar-refractivity contribution in [3.05, 3.63) is 0 Å². The number of carboxylic acids is 1. The van der Waals surface area contributed by atoms with Crippen molar-refractivity contribution in [3.63, 3.8) is 0 Å². The van der Waals surface area contributed by atoms with Gasteiger partial charge in [0, 0.05) is 32.3 Å². The van der Waals surface area contributed by atoms with Crippen molar-refractivity contribution in [3.8, 4) is 0 Å². The fraction of sp³-hybridized carbons (Fsp3) is 0.882. The third kappa shape index (κ3) is 5.57. The number of rotatable bonds is 4. The molecule has 0 aromatic rings. The Labute approximate surface area is 151 Å². The number of amides is 1. The molecular formula is C17H27F3N2O4. The van der Waals surface area contributed by atoms with E-state index in [-0.39, 0.29) is 12.5 Å². The van der Waals surface area contributed by atoms with E-state index in [2.05, 4.69) is 4.90 Å². The topological polar surface area (TPSA) is 70.1 Å². The van der Waals surface area contributed by atoms with Gasteiger partial charge in [-0.2, -0.15) is 13.2 Å². The number of carboxylic acid groups (broad SMARTS) is 1. The number of piperidine rings is 1. The van der Waals surface area contributed by atoms with Gasteiger partial charge in [0.25, 0.3) is 0 Å². The minimum atomic E-state index is -5.08. The maximum Gasteiger partial charge on any atom is 0.490 e. The van der Waals surface area contributed by atoms with Gasteiger partial charge in [0.05, 0.1) is 0 Å². The van der Waals surface area contributed by atoms with Crippen LogP contribution in [0.25, 0.3) is 0 Å². The monoisotopic (exact) mass is 380 g/mol. The first kappa shape index (κ1) is 21.0. The molecule has 0 bridgehead atoms. The number of aliphatic carboxylic acids is 1. The molecule has 1 saturated carbocycles. The van der Waals surface area contributed by atoms with Gasteiger partial charge in [-0.05, 0) is 51.0 Å². The predicted molar refractivity (Wildman–Crippen MR) is 87.6 cm³/mol. The second-order valence-electron chi connectivity index (χ2n) is 7.33. The number of likely N-dealkylation sites (tertiary alicyclic amines) is 2. The van der Waals surface area contributed by atoms with Crippen LogP contribution in [0, 0.1) is 5.92 Å². The number of methoxy groups -OCH3 is 1. The highest BCUT2D eigenvalue weighted by Gasteiger charge is 2.45. The van der Waals surface area contributed by atoms with Crippen molar-refractivity contribution in [2.75, 3.05) is 39.9 Å². The van der Waals surface area contributed by atoms with Crippen LogP contribution in [0.4, 0.5) is 13.2 Å². The van der Waals surface area contributed by atoms with Crippen LogP contribution in [0.2, 0.25) is 0 Å². The van der Waals surface area contributed by atoms with Gasteiger partial charge in [-0.25, -0.2) is 4.79 Å². The van der Waals surface area contributed by atoms with E-state index in [0.717, 1.165) is 31.8 Å². The van der Waals surface area contributed by atoms with Gasteiger partial charge >= 0.3 is 12.1 Å². The lowest BCUT2D eigenvalue weighted by Gasteiger charge is -2.45. The summed E-state index contributed by atoms with van der Waals surface area (Å²) in [7, 11) is 1.59. The number of hydrogen-bond donors (Lipinski definition) is 1. The van der Waals surface area contributed by atoms with Crippen molar-refractivity contribution in [1.82, 2.24) is 9.80 Å². The zero-order valence-corrected chi connectivity index (χ0v) is 15.1. The largest absolute Gasteiger partial charge is 0.490 e. The third-order valence-corrected chi connectivity index (χ3v) is 5.47. The SMILES string of the molecule is COCC(=O)N1CCC2(CCCN2CC2CC2)CC1.O=C(O)C(F)(F)F. The Hall–Kier alpha value is -1.35. The normalized spacial score (nSPS) is 22.8. The minimum Gasteiger partial charge on any atom is -0.475 e. The first-order valence-corrected chi connectivity index (χ1v) is 9.00. The molecule has 0 unspecified atom stereocenters. The van der Waals surface area contributed by atoms with Gasteiger partial charge in [0.2, 0.25) is 5.91 Å². The summed E-state index contributed by atoms with van der Waals surface area (Å²) in [5.74, 6) is -1.63. The maximum atomic E-state index is 11.9. The summed E-state index contributed by atoms with van der Waals surface area (Å²) in [6.07, 6.45) is 2.80. The van der Waals surface area contributed by atoms with Crippen LogP contribution in [0.5, 0.6) is 0 Å². The average molecular weight is 380 g/mol. The fourth-order valence-electron chi connectivity index (χ4n) is 3.84. The van der Waals surface area contributed by atoms with Crippen LogP contribution >= 0.6 is 0 Å². The second kappa shape index (κ2) is 8.56. The zero-order chi connectivity index (χ0) is 19.4. The van der Waals surface area contributed by atoms with E-state index >= 15 is 0 Å². The number of ether oxygens (including phenoxy) is 1. The molecule has 2 aliphatic heterocycles. The first-order valence-electron chi connectivity index (χ1n) is 9.00. The zero-order valence-electron chi connectivity index (χ0n) is 15.1. The molecule has 1 N–H and O–H groups in total. The Morgan fingerprint density at radius 2 is 1.73 bits per heavy atom. The molecule has 3 fully saturated rings. The van der Waals surface area contributed by atoms with E-state index < -0.39 is 12.1 Å². The molecule has 1 spiro atoms. The Morgan fingerprint density at radius 3 is 2.19 bits per heavy atom. The molecule has 26 heavy (non-hydrogen) atoms. The highest BCUT2D eigenvalue weighted by Crippen LogP contribution is 2.41. The summed E-state index contributed by atoms with van der Waals surface area (Å²) < 4.78 is 36.7. The molecule has 1 aliphatic carbocycles. The molecule has 6 nitrogen and oxygen atoms in total. The lowest BCUT2D eigenvalue weighted by Crippen LogP contribution is -2.54. The summed E-state index contributed by atoms with van der Waals surface area (Å²) in [6.45, 7) is 4.67. The molecule has 3 rings (SSSR count). The Balaban J connectivity index is 0.000000298. The number of carbonyl (C=O) groups excluding carboxylic acids is 1. The quantitative estimate of drug-likeness (QED) is 0.809. The number of halogens is 3. The lowest BCUT2D eigenvalue weighted by molar-refractivity contribution is -0.192. The van der Waals surface area contributed by atoms with Gasteiger partial charge < -0.3 is 14.7 Å². The van der Waals surface area contributed by atoms with Gasteiger partial charge in [0.15, 0.2) is 0 Å². The van der Waals surface area contributed by atoms with Crippen LogP contribution in [0.3, 0.4) is 0 Å². The molecule has 9 heteroatoms. The van der Waals surface area contributed by atoms with Gasteiger partial charge in [0.1, 0.15) is 6.61 Å². The summed E-state index contributed by atoms with van der Waals surface area (Å²) in [4.78, 5) is 25.5. The molecule has 3 aliphatic rings. The van der Waals surface area contributed by atoms with E-state index in [0.29, 0.717) is 5.54 Å². The summed E-state index contributed by atoms with van der Waals surface area (Å²) >= 11 is 0. The van der Waals surface area contributed by atoms with E-state index in [1.165, 1.54) is 38.8 Å². The highest BCUT2D eigenvalue weighted by atomic mass is 19.4. The second-order valence-corrected chi connectivity index (χ2v) is 7.33. The highest BCUT2D eigenvalue weighted by molar-refractivity contribution is 5.77. The summed E-state index contributed by atoms with van der Waals surface area (Å²) in [5.41, 5.74) is 0.423. The van der Waals surface area contributed by atoms with Crippen LogP contribution < -0.4 is 0 Å². The lowest BCUT2D eigenvalue weighted by atomic mass is 9.84. The molecule has 0 radical (unpaired) electrons. The van der Waals surface area contributed by atoms with Gasteiger partial charge in [-0.3, -0.25) is 9.69 Å². The third-order valence-electron chi connectivity index (χ3n) is 5.47. The van der Waals surface area contributed by atoms with Gasteiger partial charge in [-0.1, -0.05) is 0 Å². The van der Waals surface area contributed by atoms with Crippen LogP contribution in [0.15, 0.2) is 0 Å². The maximum absolute atomic E-state index is 11.9. The van der Waals surface area contributed by atoms with E-state index in [9.17, 15) is 18.0 Å². The molecule has 0 atom stereocenters. The van der Waals surface area contributed by atoms with E-state index in [1.807, 2.05) is 4.90 Å².